The zero-order valence-electron chi connectivity index (χ0n) is 12.5. The number of ketones is 1. The second-order valence-corrected chi connectivity index (χ2v) is 6.96. The molecule has 0 spiro atoms. The number of halogens is 1. The van der Waals surface area contributed by atoms with Crippen LogP contribution in [0.1, 0.15) is 43.5 Å². The Morgan fingerprint density at radius 1 is 1.19 bits per heavy atom. The van der Waals surface area contributed by atoms with Crippen molar-refractivity contribution in [2.75, 3.05) is 6.61 Å². The van der Waals surface area contributed by atoms with Crippen LogP contribution in [0, 0.1) is 17.8 Å². The third-order valence-corrected chi connectivity index (χ3v) is 4.77. The second kappa shape index (κ2) is 7.21. The summed E-state index contributed by atoms with van der Waals surface area (Å²) in [5.41, 5.74) is 0.566. The Balaban J connectivity index is 1.86. The fourth-order valence-electron chi connectivity index (χ4n) is 2.98. The number of carbonyl (C=O) groups excluding carboxylic acids is 2. The normalized spacial score (nSPS) is 25.4. The summed E-state index contributed by atoms with van der Waals surface area (Å²) in [5.74, 6) is 0.573. The Morgan fingerprint density at radius 3 is 2.48 bits per heavy atom. The molecule has 1 fully saturated rings. The van der Waals surface area contributed by atoms with Gasteiger partial charge in [0.15, 0.2) is 12.4 Å². The summed E-state index contributed by atoms with van der Waals surface area (Å²) in [6, 6.07) is 7.07. The zero-order chi connectivity index (χ0) is 15.4. The van der Waals surface area contributed by atoms with Gasteiger partial charge in [0.2, 0.25) is 0 Å². The van der Waals surface area contributed by atoms with Crippen LogP contribution in [0.2, 0.25) is 0 Å². The van der Waals surface area contributed by atoms with Gasteiger partial charge in [0.25, 0.3) is 0 Å². The van der Waals surface area contributed by atoms with E-state index in [2.05, 4.69) is 29.8 Å². The molecule has 0 bridgehead atoms. The summed E-state index contributed by atoms with van der Waals surface area (Å²) in [6.07, 6.45) is 2.98. The largest absolute Gasteiger partial charge is 0.457 e. The molecule has 114 valence electrons. The minimum atomic E-state index is -0.222. The summed E-state index contributed by atoms with van der Waals surface area (Å²) in [5, 5.41) is 0. The smallest absolute Gasteiger partial charge is 0.309 e. The average Bonchev–Trinajstić information content (AvgIpc) is 2.45. The summed E-state index contributed by atoms with van der Waals surface area (Å²) in [6.45, 7) is 4.15. The Labute approximate surface area is 134 Å². The molecule has 0 aliphatic heterocycles. The monoisotopic (exact) mass is 352 g/mol. The van der Waals surface area contributed by atoms with Crippen LogP contribution in [0.5, 0.6) is 0 Å². The van der Waals surface area contributed by atoms with Crippen molar-refractivity contribution in [3.8, 4) is 0 Å². The molecule has 21 heavy (non-hydrogen) atoms. The van der Waals surface area contributed by atoms with Crippen LogP contribution < -0.4 is 0 Å². The van der Waals surface area contributed by atoms with Gasteiger partial charge in [0.05, 0.1) is 5.92 Å². The fourth-order valence-corrected chi connectivity index (χ4v) is 3.24. The van der Waals surface area contributed by atoms with Crippen LogP contribution in [0.15, 0.2) is 28.7 Å². The van der Waals surface area contributed by atoms with Gasteiger partial charge in [0, 0.05) is 10.0 Å². The minimum Gasteiger partial charge on any atom is -0.457 e. The maximum atomic E-state index is 12.1. The Hall–Kier alpha value is -1.16. The van der Waals surface area contributed by atoms with Crippen molar-refractivity contribution < 1.29 is 14.3 Å². The van der Waals surface area contributed by atoms with Gasteiger partial charge in [-0.25, -0.2) is 0 Å². The molecule has 2 rings (SSSR count). The number of Topliss-reactive ketones (excluding diaryl/α,β-unsaturated/α-hetero) is 1. The standard InChI is InChI=1S/C17H21BrO3/c1-11-3-8-15(12(2)9-11)17(20)21-10-16(19)13-4-6-14(18)7-5-13/h4-7,11-12,15H,3,8-10H2,1-2H3/t11-,12-,15-/m1/s1. The topological polar surface area (TPSA) is 43.4 Å². The highest BCUT2D eigenvalue weighted by atomic mass is 79.9. The molecule has 0 amide bonds. The van der Waals surface area contributed by atoms with Crippen molar-refractivity contribution in [2.45, 2.75) is 33.1 Å². The highest BCUT2D eigenvalue weighted by molar-refractivity contribution is 9.10. The van der Waals surface area contributed by atoms with Crippen molar-refractivity contribution in [1.29, 1.82) is 0 Å². The number of carbonyl (C=O) groups is 2. The Bertz CT molecular complexity index is 509. The minimum absolute atomic E-state index is 0.0566. The average molecular weight is 353 g/mol. The molecule has 0 heterocycles. The Kier molecular flexibility index (Phi) is 5.57. The first-order chi connectivity index (χ1) is 9.97. The van der Waals surface area contributed by atoms with Crippen LogP contribution in [0.3, 0.4) is 0 Å². The predicted molar refractivity (Wildman–Crippen MR) is 85.1 cm³/mol. The highest BCUT2D eigenvalue weighted by Crippen LogP contribution is 2.34. The molecule has 0 saturated heterocycles. The van der Waals surface area contributed by atoms with Gasteiger partial charge in [-0.2, -0.15) is 0 Å². The number of esters is 1. The molecule has 1 aliphatic rings. The molecule has 3 nitrogen and oxygen atoms in total. The van der Waals surface area contributed by atoms with Crippen molar-refractivity contribution in [2.24, 2.45) is 17.8 Å². The van der Waals surface area contributed by atoms with Crippen LogP contribution in [0.25, 0.3) is 0 Å². The maximum Gasteiger partial charge on any atom is 0.309 e. The van der Waals surface area contributed by atoms with Crippen LogP contribution in [0.4, 0.5) is 0 Å². The van der Waals surface area contributed by atoms with Crippen molar-refractivity contribution in [3.05, 3.63) is 34.3 Å². The lowest BCUT2D eigenvalue weighted by molar-refractivity contribution is -0.150. The number of rotatable bonds is 4. The first-order valence-corrected chi connectivity index (χ1v) is 8.22. The third-order valence-electron chi connectivity index (χ3n) is 4.25. The molecule has 1 aliphatic carbocycles. The van der Waals surface area contributed by atoms with E-state index < -0.39 is 0 Å². The van der Waals surface area contributed by atoms with E-state index in [9.17, 15) is 9.59 Å². The van der Waals surface area contributed by atoms with Crippen LogP contribution in [-0.4, -0.2) is 18.4 Å². The molecular weight excluding hydrogens is 332 g/mol. The van der Waals surface area contributed by atoms with Gasteiger partial charge < -0.3 is 4.74 Å². The number of ether oxygens (including phenoxy) is 1. The predicted octanol–water partition coefficient (Wildman–Crippen LogP) is 4.25. The third kappa shape index (κ3) is 4.40. The number of hydrogen-bond acceptors (Lipinski definition) is 3. The van der Waals surface area contributed by atoms with Gasteiger partial charge in [0.1, 0.15) is 0 Å². The summed E-state index contributed by atoms with van der Waals surface area (Å²) in [4.78, 5) is 24.1. The quantitative estimate of drug-likeness (QED) is 0.600. The van der Waals surface area contributed by atoms with E-state index in [1.807, 2.05) is 0 Å². The highest BCUT2D eigenvalue weighted by Gasteiger charge is 2.32. The molecular formula is C17H21BrO3. The first-order valence-electron chi connectivity index (χ1n) is 7.42. The zero-order valence-corrected chi connectivity index (χ0v) is 14.1. The van der Waals surface area contributed by atoms with Gasteiger partial charge >= 0.3 is 5.97 Å². The van der Waals surface area contributed by atoms with Crippen LogP contribution in [-0.2, 0) is 9.53 Å². The molecule has 0 aromatic heterocycles. The number of benzene rings is 1. The maximum absolute atomic E-state index is 12.1. The van der Waals surface area contributed by atoms with E-state index in [1.165, 1.54) is 0 Å². The van der Waals surface area contributed by atoms with E-state index in [0.717, 1.165) is 23.7 Å². The molecule has 3 atom stereocenters. The van der Waals surface area contributed by atoms with E-state index in [1.54, 1.807) is 24.3 Å². The Morgan fingerprint density at radius 2 is 1.86 bits per heavy atom. The molecule has 4 heteroatoms. The van der Waals surface area contributed by atoms with Gasteiger partial charge in [-0.3, -0.25) is 9.59 Å². The molecule has 0 N–H and O–H groups in total. The SMILES string of the molecule is C[C@@H]1CC[C@@H](C(=O)OCC(=O)c2ccc(Br)cc2)[C@H](C)C1. The van der Waals surface area contributed by atoms with Crippen molar-refractivity contribution in [3.63, 3.8) is 0 Å². The first kappa shape index (κ1) is 16.2. The molecule has 1 aromatic carbocycles. The lowest BCUT2D eigenvalue weighted by atomic mass is 9.76. The van der Waals surface area contributed by atoms with Crippen LogP contribution >= 0.6 is 15.9 Å². The van der Waals surface area contributed by atoms with E-state index in [0.29, 0.717) is 17.4 Å². The van der Waals surface area contributed by atoms with Gasteiger partial charge in [-0.1, -0.05) is 41.9 Å². The molecule has 0 unspecified atom stereocenters. The van der Waals surface area contributed by atoms with Gasteiger partial charge in [-0.15, -0.1) is 0 Å². The molecule has 1 aromatic rings. The lowest BCUT2D eigenvalue weighted by Gasteiger charge is -2.30. The number of hydrogen-bond donors (Lipinski definition) is 0. The van der Waals surface area contributed by atoms with E-state index >= 15 is 0 Å². The lowest BCUT2D eigenvalue weighted by Crippen LogP contribution is -2.31. The van der Waals surface area contributed by atoms with Gasteiger partial charge in [-0.05, 0) is 43.2 Å². The summed E-state index contributed by atoms with van der Waals surface area (Å²) < 4.78 is 6.15. The summed E-state index contributed by atoms with van der Waals surface area (Å²) >= 11 is 3.32. The molecule has 1 saturated carbocycles. The second-order valence-electron chi connectivity index (χ2n) is 6.04. The fraction of sp³-hybridized carbons (Fsp3) is 0.529. The van der Waals surface area contributed by atoms with Crippen molar-refractivity contribution in [1.82, 2.24) is 0 Å². The molecule has 0 radical (unpaired) electrons. The van der Waals surface area contributed by atoms with E-state index in [-0.39, 0.29) is 24.3 Å². The van der Waals surface area contributed by atoms with E-state index in [4.69, 9.17) is 4.74 Å². The summed E-state index contributed by atoms with van der Waals surface area (Å²) in [7, 11) is 0. The van der Waals surface area contributed by atoms with Crippen molar-refractivity contribution >= 4 is 27.7 Å².